The van der Waals surface area contributed by atoms with Crippen LogP contribution in [-0.4, -0.2) is 49.9 Å². The fourth-order valence-corrected chi connectivity index (χ4v) is 6.21. The minimum absolute atomic E-state index is 0.364. The van der Waals surface area contributed by atoms with Gasteiger partial charge < -0.3 is 19.5 Å². The topological polar surface area (TPSA) is 45.2 Å². The molecule has 1 N–H and O–H groups in total. The largest absolute Gasteiger partial charge is 0.508 e. The normalized spacial score (nSPS) is 17.7. The molecule has 0 aromatic heterocycles. The summed E-state index contributed by atoms with van der Waals surface area (Å²) in [5.41, 5.74) is 6.53. The summed E-state index contributed by atoms with van der Waals surface area (Å²) < 4.78 is 11.7. The Hall–Kier alpha value is -3.18. The van der Waals surface area contributed by atoms with Crippen LogP contribution in [0.1, 0.15) is 67.2 Å². The molecular weight excluding hydrogens is 484 g/mol. The van der Waals surface area contributed by atoms with Gasteiger partial charge in [-0.25, -0.2) is 0 Å². The lowest BCUT2D eigenvalue weighted by molar-refractivity contribution is 0.214. The number of phenols is 1. The molecule has 1 aliphatic carbocycles. The minimum atomic E-state index is 0.364. The number of hydrogen-bond donors (Lipinski definition) is 1. The maximum atomic E-state index is 9.91. The second-order valence-corrected chi connectivity index (χ2v) is 11.1. The highest BCUT2D eigenvalue weighted by molar-refractivity contribution is 5.60. The number of rotatable bonds is 10. The van der Waals surface area contributed by atoms with Crippen molar-refractivity contribution in [2.75, 3.05) is 44.8 Å². The summed E-state index contributed by atoms with van der Waals surface area (Å²) in [6, 6.07) is 21.0. The monoisotopic (exact) mass is 528 g/mol. The van der Waals surface area contributed by atoms with E-state index in [9.17, 15) is 5.11 Å². The van der Waals surface area contributed by atoms with E-state index in [0.717, 1.165) is 57.0 Å². The van der Waals surface area contributed by atoms with Crippen LogP contribution in [0.4, 0.5) is 5.69 Å². The Labute approximate surface area is 234 Å². The van der Waals surface area contributed by atoms with E-state index in [-0.39, 0.29) is 0 Å². The minimum Gasteiger partial charge on any atom is -0.508 e. The van der Waals surface area contributed by atoms with Crippen LogP contribution in [0, 0.1) is 0 Å². The molecule has 5 rings (SSSR count). The maximum absolute atomic E-state index is 9.91. The van der Waals surface area contributed by atoms with Gasteiger partial charge in [-0.05, 0) is 111 Å². The number of ether oxygens (including phenoxy) is 2. The summed E-state index contributed by atoms with van der Waals surface area (Å²) in [4.78, 5) is 5.00. The third-order valence-electron chi connectivity index (χ3n) is 8.49. The zero-order valence-corrected chi connectivity index (χ0v) is 23.7. The summed E-state index contributed by atoms with van der Waals surface area (Å²) in [7, 11) is 1.74. The van der Waals surface area contributed by atoms with E-state index < -0.39 is 0 Å². The van der Waals surface area contributed by atoms with Gasteiger partial charge in [0.05, 0.1) is 7.11 Å². The number of benzene rings is 3. The molecule has 1 atom stereocenters. The van der Waals surface area contributed by atoms with Crippen molar-refractivity contribution < 1.29 is 14.6 Å². The van der Waals surface area contributed by atoms with Crippen LogP contribution in [-0.2, 0) is 19.4 Å². The molecule has 2 aliphatic rings. The molecule has 0 saturated carbocycles. The van der Waals surface area contributed by atoms with Gasteiger partial charge in [0.25, 0.3) is 0 Å². The number of methoxy groups -OCH3 is 1. The van der Waals surface area contributed by atoms with Gasteiger partial charge in [-0.2, -0.15) is 0 Å². The predicted octanol–water partition coefficient (Wildman–Crippen LogP) is 6.95. The summed E-state index contributed by atoms with van der Waals surface area (Å²) in [6.07, 6.45) is 8.43. The van der Waals surface area contributed by atoms with Crippen molar-refractivity contribution in [1.29, 1.82) is 0 Å². The molecule has 1 fully saturated rings. The molecule has 208 valence electrons. The van der Waals surface area contributed by atoms with Crippen molar-refractivity contribution >= 4 is 5.69 Å². The molecule has 0 radical (unpaired) electrons. The van der Waals surface area contributed by atoms with E-state index in [2.05, 4.69) is 65.3 Å². The fraction of sp³-hybridized carbons (Fsp3) is 0.471. The van der Waals surface area contributed by atoms with Gasteiger partial charge >= 0.3 is 0 Å². The Morgan fingerprint density at radius 3 is 2.41 bits per heavy atom. The van der Waals surface area contributed by atoms with Gasteiger partial charge in [0.2, 0.25) is 0 Å². The number of aromatic hydroxyl groups is 1. The van der Waals surface area contributed by atoms with Crippen molar-refractivity contribution in [3.8, 4) is 17.2 Å². The number of likely N-dealkylation sites (tertiary alicyclic amines) is 1. The first-order valence-electron chi connectivity index (χ1n) is 14.8. The molecule has 5 heteroatoms. The molecule has 1 saturated heterocycles. The Balaban J connectivity index is 1.26. The number of aryl methyl sites for hydroxylation is 1. The molecule has 1 heterocycles. The van der Waals surface area contributed by atoms with Gasteiger partial charge in [-0.15, -0.1) is 0 Å². The van der Waals surface area contributed by atoms with Crippen molar-refractivity contribution in [2.45, 2.75) is 64.3 Å². The molecule has 1 aliphatic heterocycles. The van der Waals surface area contributed by atoms with E-state index in [4.69, 9.17) is 9.47 Å². The number of anilines is 1. The van der Waals surface area contributed by atoms with Gasteiger partial charge in [0, 0.05) is 31.4 Å². The van der Waals surface area contributed by atoms with E-state index in [1.165, 1.54) is 66.7 Å². The maximum Gasteiger partial charge on any atom is 0.120 e. The molecular formula is C34H44N2O3. The van der Waals surface area contributed by atoms with Gasteiger partial charge in [-0.1, -0.05) is 37.1 Å². The number of nitrogens with zero attached hydrogens (tertiary/aromatic N) is 2. The SMILES string of the molecule is CCN(Cc1ccc(OCCN2CCCCCC2)cc1)c1cc(OC)ccc1[C@H]1CCc2cc(O)ccc2C1. The van der Waals surface area contributed by atoms with Crippen molar-refractivity contribution in [1.82, 2.24) is 4.90 Å². The first kappa shape index (κ1) is 27.4. The molecule has 5 nitrogen and oxygen atoms in total. The molecule has 0 bridgehead atoms. The zero-order valence-electron chi connectivity index (χ0n) is 23.7. The molecule has 39 heavy (non-hydrogen) atoms. The second-order valence-electron chi connectivity index (χ2n) is 11.1. The third-order valence-corrected chi connectivity index (χ3v) is 8.49. The number of hydrogen-bond acceptors (Lipinski definition) is 5. The quantitative estimate of drug-likeness (QED) is 0.308. The molecule has 0 spiro atoms. The van der Waals surface area contributed by atoms with E-state index in [0.29, 0.717) is 11.7 Å². The lowest BCUT2D eigenvalue weighted by atomic mass is 9.79. The van der Waals surface area contributed by atoms with E-state index in [1.54, 1.807) is 7.11 Å². The Morgan fingerprint density at radius 2 is 1.67 bits per heavy atom. The first-order valence-corrected chi connectivity index (χ1v) is 14.8. The van der Waals surface area contributed by atoms with Crippen LogP contribution in [0.25, 0.3) is 0 Å². The number of phenolic OH excluding ortho intramolecular Hbond substituents is 1. The summed E-state index contributed by atoms with van der Waals surface area (Å²) in [6.45, 7) is 8.14. The smallest absolute Gasteiger partial charge is 0.120 e. The van der Waals surface area contributed by atoms with Gasteiger partial charge in [-0.3, -0.25) is 4.90 Å². The Morgan fingerprint density at radius 1 is 0.897 bits per heavy atom. The molecule has 0 unspecified atom stereocenters. The van der Waals surface area contributed by atoms with Crippen LogP contribution >= 0.6 is 0 Å². The highest BCUT2D eigenvalue weighted by atomic mass is 16.5. The Kier molecular flexibility index (Phi) is 9.31. The molecule has 3 aromatic rings. The molecule has 0 amide bonds. The zero-order chi connectivity index (χ0) is 27.0. The van der Waals surface area contributed by atoms with Crippen molar-refractivity contribution in [2.24, 2.45) is 0 Å². The lowest BCUT2D eigenvalue weighted by Gasteiger charge is -2.32. The third kappa shape index (κ3) is 7.07. The van der Waals surface area contributed by atoms with E-state index in [1.807, 2.05) is 12.1 Å². The summed E-state index contributed by atoms with van der Waals surface area (Å²) >= 11 is 0. The van der Waals surface area contributed by atoms with Gasteiger partial charge in [0.1, 0.15) is 23.9 Å². The average Bonchev–Trinajstić information content (AvgIpc) is 3.25. The van der Waals surface area contributed by atoms with Crippen LogP contribution in [0.5, 0.6) is 17.2 Å². The second kappa shape index (κ2) is 13.3. The highest BCUT2D eigenvalue weighted by Gasteiger charge is 2.24. The number of fused-ring (bicyclic) bond motifs is 1. The average molecular weight is 529 g/mol. The Bertz CT molecular complexity index is 1200. The fourth-order valence-electron chi connectivity index (χ4n) is 6.21. The van der Waals surface area contributed by atoms with Crippen LogP contribution in [0.15, 0.2) is 60.7 Å². The van der Waals surface area contributed by atoms with Crippen molar-refractivity contribution in [3.05, 3.63) is 82.9 Å². The standard InChI is InChI=1S/C34H44N2O3/c1-3-36(25-26-8-14-31(15-9-26)39-21-20-35-18-6-4-5-7-19-35)34-24-32(38-2)16-17-33(34)29-11-10-28-23-30(37)13-12-27(28)22-29/h8-9,12-17,23-24,29,37H,3-7,10-11,18-22,25H2,1-2H3/t29-/m0/s1. The van der Waals surface area contributed by atoms with Crippen molar-refractivity contribution in [3.63, 3.8) is 0 Å². The van der Waals surface area contributed by atoms with Crippen LogP contribution < -0.4 is 14.4 Å². The summed E-state index contributed by atoms with van der Waals surface area (Å²) in [5, 5.41) is 9.91. The highest BCUT2D eigenvalue weighted by Crippen LogP contribution is 2.40. The van der Waals surface area contributed by atoms with E-state index >= 15 is 0 Å². The predicted molar refractivity (Wildman–Crippen MR) is 159 cm³/mol. The first-order chi connectivity index (χ1) is 19.1. The van der Waals surface area contributed by atoms with Crippen LogP contribution in [0.2, 0.25) is 0 Å². The van der Waals surface area contributed by atoms with Gasteiger partial charge in [0.15, 0.2) is 0 Å². The van der Waals surface area contributed by atoms with Crippen LogP contribution in [0.3, 0.4) is 0 Å². The molecule has 3 aromatic carbocycles. The lowest BCUT2D eigenvalue weighted by Crippen LogP contribution is -2.29. The summed E-state index contributed by atoms with van der Waals surface area (Å²) in [5.74, 6) is 2.65.